The predicted octanol–water partition coefficient (Wildman–Crippen LogP) is 5.77. The molecule has 1 unspecified atom stereocenters. The molecule has 35 heavy (non-hydrogen) atoms. The van der Waals surface area contributed by atoms with E-state index in [2.05, 4.69) is 31.4 Å². The summed E-state index contributed by atoms with van der Waals surface area (Å²) in [5.41, 5.74) is 4.98. The molecule has 180 valence electrons. The average molecular weight is 491 g/mol. The van der Waals surface area contributed by atoms with Gasteiger partial charge in [0, 0.05) is 10.6 Å². The second kappa shape index (κ2) is 11.1. The maximum atomic E-state index is 12.9. The first-order valence-electron chi connectivity index (χ1n) is 11.5. The fourth-order valence-electron chi connectivity index (χ4n) is 3.67. The largest absolute Gasteiger partial charge is 0.490 e. The van der Waals surface area contributed by atoms with Gasteiger partial charge in [-0.1, -0.05) is 55.8 Å². The van der Waals surface area contributed by atoms with Crippen LogP contribution in [0.5, 0.6) is 11.5 Å². The van der Waals surface area contributed by atoms with Crippen molar-refractivity contribution in [2.24, 2.45) is 0 Å². The van der Waals surface area contributed by atoms with Crippen LogP contribution in [0, 0.1) is 0 Å². The number of rotatable bonds is 9. The van der Waals surface area contributed by atoms with Crippen LogP contribution in [0.4, 0.5) is 5.69 Å². The van der Waals surface area contributed by atoms with Crippen LogP contribution >= 0.6 is 11.6 Å². The van der Waals surface area contributed by atoms with Gasteiger partial charge in [-0.2, -0.15) is 0 Å². The molecule has 1 N–H and O–H groups in total. The highest BCUT2D eigenvalue weighted by Crippen LogP contribution is 2.28. The van der Waals surface area contributed by atoms with Gasteiger partial charge in [0.1, 0.15) is 30.3 Å². The second-order valence-electron chi connectivity index (χ2n) is 8.23. The lowest BCUT2D eigenvalue weighted by Crippen LogP contribution is -2.35. The van der Waals surface area contributed by atoms with Crippen LogP contribution in [0.2, 0.25) is 5.02 Å². The Morgan fingerprint density at radius 2 is 1.69 bits per heavy atom. The van der Waals surface area contributed by atoms with Crippen molar-refractivity contribution < 1.29 is 19.1 Å². The minimum Gasteiger partial charge on any atom is -0.490 e. The number of amides is 2. The Morgan fingerprint density at radius 1 is 0.971 bits per heavy atom. The van der Waals surface area contributed by atoms with Crippen molar-refractivity contribution in [1.82, 2.24) is 5.43 Å². The van der Waals surface area contributed by atoms with Crippen LogP contribution in [0.3, 0.4) is 0 Å². The molecular formula is C28H27ClN2O4. The van der Waals surface area contributed by atoms with E-state index in [0.717, 1.165) is 12.2 Å². The number of benzene rings is 3. The molecule has 3 aromatic rings. The summed E-state index contributed by atoms with van der Waals surface area (Å²) in [6.45, 7) is 4.98. The third kappa shape index (κ3) is 5.84. The summed E-state index contributed by atoms with van der Waals surface area (Å²) in [6.07, 6.45) is 2.58. The van der Waals surface area contributed by atoms with Crippen molar-refractivity contribution in [1.29, 1.82) is 0 Å². The highest BCUT2D eigenvalue weighted by molar-refractivity contribution is 6.32. The molecule has 0 saturated carbocycles. The Labute approximate surface area is 210 Å². The summed E-state index contributed by atoms with van der Waals surface area (Å²) >= 11 is 6.18. The summed E-state index contributed by atoms with van der Waals surface area (Å²) in [5, 5.41) is 1.69. The van der Waals surface area contributed by atoms with E-state index in [0.29, 0.717) is 34.5 Å². The molecule has 1 aliphatic rings. The Hall–Kier alpha value is -3.77. The van der Waals surface area contributed by atoms with Gasteiger partial charge in [0.05, 0.1) is 5.69 Å². The van der Waals surface area contributed by atoms with E-state index < -0.39 is 11.8 Å². The number of halogens is 1. The number of carbonyl (C=O) groups excluding carboxylic acids is 2. The summed E-state index contributed by atoms with van der Waals surface area (Å²) in [7, 11) is 0. The van der Waals surface area contributed by atoms with E-state index in [1.54, 1.807) is 42.5 Å². The first kappa shape index (κ1) is 24.4. The monoisotopic (exact) mass is 490 g/mol. The molecule has 4 rings (SSSR count). The molecule has 0 radical (unpaired) electrons. The van der Waals surface area contributed by atoms with Crippen molar-refractivity contribution in [3.8, 4) is 11.5 Å². The van der Waals surface area contributed by atoms with Crippen molar-refractivity contribution in [3.05, 3.63) is 94.5 Å². The van der Waals surface area contributed by atoms with E-state index in [1.165, 1.54) is 16.6 Å². The van der Waals surface area contributed by atoms with E-state index in [-0.39, 0.29) is 12.2 Å². The molecule has 1 saturated heterocycles. The van der Waals surface area contributed by atoms with Crippen LogP contribution in [0.1, 0.15) is 37.3 Å². The molecule has 0 bridgehead atoms. The maximum Gasteiger partial charge on any atom is 0.282 e. The van der Waals surface area contributed by atoms with E-state index >= 15 is 0 Å². The number of anilines is 1. The fraction of sp³-hybridized carbons (Fsp3) is 0.214. The summed E-state index contributed by atoms with van der Waals surface area (Å²) in [5.74, 6) is 0.841. The maximum absolute atomic E-state index is 12.9. The Kier molecular flexibility index (Phi) is 7.73. The lowest BCUT2D eigenvalue weighted by molar-refractivity contribution is -0.117. The minimum absolute atomic E-state index is 0.00128. The SMILES string of the molecule is CCC(C)c1ccc(OCCOc2ccc(Cl)cc2/C=C2\C(=O)NN(c3ccccc3)C2=O)cc1. The third-order valence-corrected chi connectivity index (χ3v) is 6.08. The molecule has 1 aliphatic heterocycles. The van der Waals surface area contributed by atoms with Crippen LogP contribution in [0.15, 0.2) is 78.4 Å². The van der Waals surface area contributed by atoms with Gasteiger partial charge in [0.2, 0.25) is 0 Å². The van der Waals surface area contributed by atoms with E-state index in [1.807, 2.05) is 18.2 Å². The Morgan fingerprint density at radius 3 is 2.40 bits per heavy atom. The lowest BCUT2D eigenvalue weighted by Gasteiger charge is -2.14. The van der Waals surface area contributed by atoms with Crippen molar-refractivity contribution >= 4 is 35.2 Å². The number of nitrogens with zero attached hydrogens (tertiary/aromatic N) is 1. The van der Waals surface area contributed by atoms with Crippen LogP contribution in [-0.2, 0) is 9.59 Å². The predicted molar refractivity (Wildman–Crippen MR) is 138 cm³/mol. The minimum atomic E-state index is -0.492. The first-order valence-corrected chi connectivity index (χ1v) is 11.9. The zero-order valence-corrected chi connectivity index (χ0v) is 20.4. The molecular weight excluding hydrogens is 464 g/mol. The van der Waals surface area contributed by atoms with Crippen LogP contribution < -0.4 is 19.9 Å². The molecule has 0 spiro atoms. The van der Waals surface area contributed by atoms with Gasteiger partial charge < -0.3 is 9.47 Å². The standard InChI is InChI=1S/C28H27ClN2O4/c1-3-19(2)20-9-12-24(13-10-20)34-15-16-35-26-14-11-22(29)17-21(26)18-25-27(32)30-31(28(25)33)23-7-5-4-6-8-23/h4-14,17-19H,3,15-16H2,1-2H3,(H,30,32)/b25-18+. The van der Waals surface area contributed by atoms with Crippen molar-refractivity contribution in [2.45, 2.75) is 26.2 Å². The average Bonchev–Trinajstić information content (AvgIpc) is 3.16. The summed E-state index contributed by atoms with van der Waals surface area (Å²) < 4.78 is 11.7. The molecule has 1 atom stereocenters. The number of nitrogens with one attached hydrogen (secondary N) is 1. The van der Waals surface area contributed by atoms with Gasteiger partial charge in [0.25, 0.3) is 11.8 Å². The number of hydrogen-bond acceptors (Lipinski definition) is 4. The molecule has 1 heterocycles. The van der Waals surface area contributed by atoms with E-state index in [9.17, 15) is 9.59 Å². The van der Waals surface area contributed by atoms with Crippen molar-refractivity contribution in [3.63, 3.8) is 0 Å². The van der Waals surface area contributed by atoms with Gasteiger partial charge in [-0.25, -0.2) is 5.01 Å². The topological polar surface area (TPSA) is 67.9 Å². The molecule has 1 fully saturated rings. The molecule has 2 amide bonds. The smallest absolute Gasteiger partial charge is 0.282 e. The first-order chi connectivity index (χ1) is 17.0. The summed E-state index contributed by atoms with van der Waals surface area (Å²) in [4.78, 5) is 25.4. The zero-order chi connectivity index (χ0) is 24.8. The number of carbonyl (C=O) groups is 2. The van der Waals surface area contributed by atoms with Gasteiger partial charge in [-0.05, 0) is 66.4 Å². The molecule has 6 nitrogen and oxygen atoms in total. The number of hydrogen-bond donors (Lipinski definition) is 1. The quantitative estimate of drug-likeness (QED) is 0.235. The third-order valence-electron chi connectivity index (χ3n) is 5.85. The molecule has 7 heteroatoms. The Bertz CT molecular complexity index is 1230. The normalized spacial score (nSPS) is 15.3. The van der Waals surface area contributed by atoms with Gasteiger partial charge >= 0.3 is 0 Å². The van der Waals surface area contributed by atoms with Crippen LogP contribution in [0.25, 0.3) is 6.08 Å². The lowest BCUT2D eigenvalue weighted by atomic mass is 9.99. The van der Waals surface area contributed by atoms with Crippen LogP contribution in [-0.4, -0.2) is 25.0 Å². The number of hydrazine groups is 1. The van der Waals surface area contributed by atoms with Gasteiger partial charge in [-0.15, -0.1) is 0 Å². The summed E-state index contributed by atoms with van der Waals surface area (Å²) in [6, 6.07) is 22.1. The van der Waals surface area contributed by atoms with E-state index in [4.69, 9.17) is 21.1 Å². The van der Waals surface area contributed by atoms with Crippen molar-refractivity contribution in [2.75, 3.05) is 18.2 Å². The zero-order valence-electron chi connectivity index (χ0n) is 19.7. The number of para-hydroxylation sites is 1. The second-order valence-corrected chi connectivity index (χ2v) is 8.67. The number of ether oxygens (including phenoxy) is 2. The molecule has 0 aliphatic carbocycles. The Balaban J connectivity index is 1.42. The highest BCUT2D eigenvalue weighted by atomic mass is 35.5. The highest BCUT2D eigenvalue weighted by Gasteiger charge is 2.34. The molecule has 3 aromatic carbocycles. The molecule has 0 aromatic heterocycles. The fourth-order valence-corrected chi connectivity index (χ4v) is 3.86. The van der Waals surface area contributed by atoms with Gasteiger partial charge in [0.15, 0.2) is 0 Å². The van der Waals surface area contributed by atoms with Gasteiger partial charge in [-0.3, -0.25) is 15.0 Å².